The predicted molar refractivity (Wildman–Crippen MR) is 105 cm³/mol. The van der Waals surface area contributed by atoms with Gasteiger partial charge >= 0.3 is 0 Å². The zero-order valence-corrected chi connectivity index (χ0v) is 16.2. The summed E-state index contributed by atoms with van der Waals surface area (Å²) in [5.41, 5.74) is 0.815. The van der Waals surface area contributed by atoms with Gasteiger partial charge in [0.05, 0.1) is 27.8 Å². The molecule has 6 heteroatoms. The highest BCUT2D eigenvalue weighted by Crippen LogP contribution is 2.38. The molecule has 2 aromatic rings. The summed E-state index contributed by atoms with van der Waals surface area (Å²) in [7, 11) is 4.68. The summed E-state index contributed by atoms with van der Waals surface area (Å²) >= 11 is 1.79. The summed E-state index contributed by atoms with van der Waals surface area (Å²) in [5.74, 6) is 2.57. The monoisotopic (exact) mass is 375 g/mol. The largest absolute Gasteiger partial charge is 0.493 e. The summed E-state index contributed by atoms with van der Waals surface area (Å²) in [6.45, 7) is 0.656. The molecule has 1 N–H and O–H groups in total. The van der Waals surface area contributed by atoms with Crippen LogP contribution in [-0.2, 0) is 11.2 Å². The Kier molecular flexibility index (Phi) is 8.15. The topological polar surface area (TPSA) is 56.8 Å². The van der Waals surface area contributed by atoms with E-state index in [1.807, 2.05) is 18.2 Å². The van der Waals surface area contributed by atoms with Crippen molar-refractivity contribution in [3.05, 3.63) is 48.0 Å². The van der Waals surface area contributed by atoms with Crippen molar-refractivity contribution in [2.45, 2.75) is 17.7 Å². The Bertz CT molecular complexity index is 681. The number of rotatable bonds is 10. The van der Waals surface area contributed by atoms with Crippen molar-refractivity contribution >= 4 is 17.7 Å². The Labute approximate surface area is 159 Å². The molecule has 0 aliphatic rings. The van der Waals surface area contributed by atoms with Crippen molar-refractivity contribution in [2.24, 2.45) is 0 Å². The normalized spacial score (nSPS) is 10.3. The number of amides is 1. The number of carbonyl (C=O) groups excluding carboxylic acids is 1. The molecule has 0 spiro atoms. The van der Waals surface area contributed by atoms with E-state index in [1.54, 1.807) is 45.2 Å². The summed E-state index contributed by atoms with van der Waals surface area (Å²) < 4.78 is 15.9. The molecule has 2 rings (SSSR count). The molecule has 0 fully saturated rings. The van der Waals surface area contributed by atoms with Crippen LogP contribution in [0.4, 0.5) is 0 Å². The van der Waals surface area contributed by atoms with Crippen LogP contribution in [0.15, 0.2) is 47.4 Å². The van der Waals surface area contributed by atoms with Gasteiger partial charge in [-0.1, -0.05) is 18.2 Å². The lowest BCUT2D eigenvalue weighted by Gasteiger charge is -2.14. The lowest BCUT2D eigenvalue weighted by Crippen LogP contribution is -2.26. The Morgan fingerprint density at radius 1 is 1.00 bits per heavy atom. The fraction of sp³-hybridized carbons (Fsp3) is 0.350. The van der Waals surface area contributed by atoms with Gasteiger partial charge in [-0.15, -0.1) is 11.8 Å². The molecule has 0 heterocycles. The van der Waals surface area contributed by atoms with Crippen LogP contribution in [0.5, 0.6) is 17.2 Å². The predicted octanol–water partition coefficient (Wildman–Crippen LogP) is 3.55. The van der Waals surface area contributed by atoms with Gasteiger partial charge in [-0.25, -0.2) is 0 Å². The minimum Gasteiger partial charge on any atom is -0.493 e. The van der Waals surface area contributed by atoms with Gasteiger partial charge in [0.2, 0.25) is 11.7 Å². The molecule has 0 unspecified atom stereocenters. The van der Waals surface area contributed by atoms with E-state index in [9.17, 15) is 4.79 Å². The van der Waals surface area contributed by atoms with Crippen LogP contribution in [0.25, 0.3) is 0 Å². The molecule has 5 nitrogen and oxygen atoms in total. The maximum absolute atomic E-state index is 12.2. The minimum absolute atomic E-state index is 0.0241. The second-order valence-electron chi connectivity index (χ2n) is 5.58. The molecular weight excluding hydrogens is 350 g/mol. The van der Waals surface area contributed by atoms with E-state index < -0.39 is 0 Å². The van der Waals surface area contributed by atoms with Crippen molar-refractivity contribution < 1.29 is 19.0 Å². The number of thioether (sulfide) groups is 1. The molecule has 140 valence electrons. The highest BCUT2D eigenvalue weighted by Gasteiger charge is 2.14. The first-order valence-corrected chi connectivity index (χ1v) is 9.40. The van der Waals surface area contributed by atoms with Crippen LogP contribution in [0.2, 0.25) is 0 Å². The highest BCUT2D eigenvalue weighted by molar-refractivity contribution is 7.99. The van der Waals surface area contributed by atoms with Gasteiger partial charge in [-0.05, 0) is 42.0 Å². The maximum Gasteiger partial charge on any atom is 0.224 e. The molecule has 0 bridgehead atoms. The molecule has 26 heavy (non-hydrogen) atoms. The van der Waals surface area contributed by atoms with Crippen molar-refractivity contribution in [3.63, 3.8) is 0 Å². The minimum atomic E-state index is -0.0241. The van der Waals surface area contributed by atoms with Crippen molar-refractivity contribution in [2.75, 3.05) is 33.6 Å². The van der Waals surface area contributed by atoms with Crippen molar-refractivity contribution in [1.82, 2.24) is 5.32 Å². The number of nitrogens with one attached hydrogen (secondary N) is 1. The molecule has 0 aromatic heterocycles. The maximum atomic E-state index is 12.2. The van der Waals surface area contributed by atoms with Crippen molar-refractivity contribution in [3.8, 4) is 17.2 Å². The zero-order chi connectivity index (χ0) is 18.8. The van der Waals surface area contributed by atoms with E-state index >= 15 is 0 Å². The third kappa shape index (κ3) is 5.88. The molecule has 0 saturated heterocycles. The van der Waals surface area contributed by atoms with Gasteiger partial charge in [0.25, 0.3) is 0 Å². The molecule has 1 amide bonds. The SMILES string of the molecule is COc1cc(CC(=O)NCCCSc2ccccc2)cc(OC)c1OC. The Morgan fingerprint density at radius 2 is 1.65 bits per heavy atom. The summed E-state index contributed by atoms with van der Waals surface area (Å²) in [5, 5.41) is 2.96. The first-order chi connectivity index (χ1) is 12.7. The number of carbonyl (C=O) groups is 1. The highest BCUT2D eigenvalue weighted by atomic mass is 32.2. The molecule has 0 saturated carbocycles. The molecule has 0 aliphatic carbocycles. The average molecular weight is 375 g/mol. The van der Waals surface area contributed by atoms with Gasteiger partial charge in [0, 0.05) is 11.4 Å². The lowest BCUT2D eigenvalue weighted by atomic mass is 10.1. The molecule has 0 atom stereocenters. The van der Waals surface area contributed by atoms with Gasteiger partial charge in [0.15, 0.2) is 11.5 Å². The third-order valence-corrected chi connectivity index (χ3v) is 4.84. The second-order valence-corrected chi connectivity index (χ2v) is 6.74. The summed E-state index contributed by atoms with van der Waals surface area (Å²) in [4.78, 5) is 13.4. The number of hydrogen-bond donors (Lipinski definition) is 1. The Morgan fingerprint density at radius 3 is 2.23 bits per heavy atom. The van der Waals surface area contributed by atoms with Crippen LogP contribution in [-0.4, -0.2) is 39.5 Å². The first kappa shape index (κ1) is 20.0. The molecule has 0 radical (unpaired) electrons. The van der Waals surface area contributed by atoms with Gasteiger partial charge in [0.1, 0.15) is 0 Å². The van der Waals surface area contributed by atoms with E-state index in [1.165, 1.54) is 4.90 Å². The molecular formula is C20H25NO4S. The van der Waals surface area contributed by atoms with Gasteiger partial charge in [-0.2, -0.15) is 0 Å². The number of methoxy groups -OCH3 is 3. The first-order valence-electron chi connectivity index (χ1n) is 8.41. The summed E-state index contributed by atoms with van der Waals surface area (Å²) in [6.07, 6.45) is 1.18. The Balaban J connectivity index is 1.80. The van der Waals surface area contributed by atoms with Gasteiger partial charge in [-0.3, -0.25) is 4.79 Å². The van der Waals surface area contributed by atoms with Crippen LogP contribution in [0, 0.1) is 0 Å². The zero-order valence-electron chi connectivity index (χ0n) is 15.4. The van der Waals surface area contributed by atoms with E-state index in [0.29, 0.717) is 23.8 Å². The van der Waals surface area contributed by atoms with Crippen LogP contribution in [0.3, 0.4) is 0 Å². The number of hydrogen-bond acceptors (Lipinski definition) is 5. The quantitative estimate of drug-likeness (QED) is 0.508. The van der Waals surface area contributed by atoms with E-state index in [-0.39, 0.29) is 12.3 Å². The summed E-state index contributed by atoms with van der Waals surface area (Å²) in [6, 6.07) is 13.8. The fourth-order valence-corrected chi connectivity index (χ4v) is 3.37. The number of benzene rings is 2. The second kappa shape index (κ2) is 10.6. The van der Waals surface area contributed by atoms with E-state index in [0.717, 1.165) is 17.7 Å². The van der Waals surface area contributed by atoms with Crippen LogP contribution < -0.4 is 19.5 Å². The average Bonchev–Trinajstić information content (AvgIpc) is 2.67. The molecule has 2 aromatic carbocycles. The van der Waals surface area contributed by atoms with E-state index in [4.69, 9.17) is 14.2 Å². The van der Waals surface area contributed by atoms with Crippen LogP contribution >= 0.6 is 11.8 Å². The lowest BCUT2D eigenvalue weighted by molar-refractivity contribution is -0.120. The Hall–Kier alpha value is -2.34. The smallest absolute Gasteiger partial charge is 0.224 e. The third-order valence-electron chi connectivity index (χ3n) is 3.74. The standard InChI is InChI=1S/C20H25NO4S/c1-23-17-12-15(13-18(24-2)20(17)25-3)14-19(22)21-10-7-11-26-16-8-5-4-6-9-16/h4-6,8-9,12-13H,7,10-11,14H2,1-3H3,(H,21,22). The van der Waals surface area contributed by atoms with Crippen molar-refractivity contribution in [1.29, 1.82) is 0 Å². The van der Waals surface area contributed by atoms with E-state index in [2.05, 4.69) is 17.4 Å². The van der Waals surface area contributed by atoms with Crippen LogP contribution in [0.1, 0.15) is 12.0 Å². The fourth-order valence-electron chi connectivity index (χ4n) is 2.49. The number of ether oxygens (including phenoxy) is 3. The van der Waals surface area contributed by atoms with Gasteiger partial charge < -0.3 is 19.5 Å². The molecule has 0 aliphatic heterocycles.